The van der Waals surface area contributed by atoms with Gasteiger partial charge in [-0.1, -0.05) is 44.6 Å². The zero-order valence-electron chi connectivity index (χ0n) is 14.4. The van der Waals surface area contributed by atoms with Crippen molar-refractivity contribution >= 4 is 5.97 Å². The minimum absolute atomic E-state index is 0.0294. The summed E-state index contributed by atoms with van der Waals surface area (Å²) >= 11 is 0. The second kappa shape index (κ2) is 6.94. The lowest BCUT2D eigenvalue weighted by Gasteiger charge is -2.27. The normalized spacial score (nSPS) is 16.7. The number of allylic oxidation sites excluding steroid dienone is 4. The van der Waals surface area contributed by atoms with Crippen LogP contribution in [0.1, 0.15) is 50.8 Å². The summed E-state index contributed by atoms with van der Waals surface area (Å²) in [5.41, 5.74) is 0.616. The van der Waals surface area contributed by atoms with Gasteiger partial charge in [-0.3, -0.25) is 0 Å². The fourth-order valence-electron chi connectivity index (χ4n) is 2.60. The number of carbonyl (C=O) groups is 1. The van der Waals surface area contributed by atoms with E-state index in [1.165, 1.54) is 5.57 Å². The molecule has 1 aliphatic rings. The van der Waals surface area contributed by atoms with Gasteiger partial charge < -0.3 is 9.84 Å². The van der Waals surface area contributed by atoms with Gasteiger partial charge >= 0.3 is 12.1 Å². The van der Waals surface area contributed by atoms with E-state index in [-0.39, 0.29) is 11.0 Å². The van der Waals surface area contributed by atoms with Gasteiger partial charge in [0.15, 0.2) is 0 Å². The third kappa shape index (κ3) is 4.87. The molecule has 1 aromatic rings. The molecule has 1 unspecified atom stereocenters. The van der Waals surface area contributed by atoms with E-state index in [4.69, 9.17) is 4.74 Å². The molecule has 0 saturated carbocycles. The van der Waals surface area contributed by atoms with Crippen molar-refractivity contribution in [3.05, 3.63) is 58.9 Å². The zero-order valence-corrected chi connectivity index (χ0v) is 14.4. The van der Waals surface area contributed by atoms with Crippen LogP contribution in [0.2, 0.25) is 0 Å². The SMILES string of the molecule is CC(C)(C)C1=CC=C(OC(C(=O)O)c2ccc(C(F)(F)F)cc2)CC1. The van der Waals surface area contributed by atoms with E-state index in [2.05, 4.69) is 20.8 Å². The average Bonchev–Trinajstić information content (AvgIpc) is 2.51. The molecule has 0 aliphatic heterocycles. The zero-order chi connectivity index (χ0) is 18.8. The number of carboxylic acids is 1. The molecule has 136 valence electrons. The first-order valence-corrected chi connectivity index (χ1v) is 7.95. The van der Waals surface area contributed by atoms with Gasteiger partial charge in [0.1, 0.15) is 0 Å². The molecule has 1 aromatic carbocycles. The molecule has 1 aliphatic carbocycles. The summed E-state index contributed by atoms with van der Waals surface area (Å²) in [4.78, 5) is 11.5. The van der Waals surface area contributed by atoms with E-state index in [0.29, 0.717) is 12.2 Å². The smallest absolute Gasteiger partial charge is 0.416 e. The Bertz CT molecular complexity index is 692. The molecule has 3 nitrogen and oxygen atoms in total. The van der Waals surface area contributed by atoms with Crippen LogP contribution in [0.15, 0.2) is 47.7 Å². The van der Waals surface area contributed by atoms with E-state index < -0.39 is 23.8 Å². The van der Waals surface area contributed by atoms with E-state index in [1.54, 1.807) is 6.08 Å². The van der Waals surface area contributed by atoms with E-state index >= 15 is 0 Å². The lowest BCUT2D eigenvalue weighted by molar-refractivity contribution is -0.148. The van der Waals surface area contributed by atoms with Crippen molar-refractivity contribution in [2.24, 2.45) is 5.41 Å². The molecule has 0 saturated heterocycles. The van der Waals surface area contributed by atoms with Gasteiger partial charge in [-0.2, -0.15) is 13.2 Å². The summed E-state index contributed by atoms with van der Waals surface area (Å²) in [6.07, 6.45) is -0.812. The van der Waals surface area contributed by atoms with Crippen molar-refractivity contribution in [3.8, 4) is 0 Å². The van der Waals surface area contributed by atoms with Gasteiger partial charge in [-0.15, -0.1) is 0 Å². The van der Waals surface area contributed by atoms with Crippen molar-refractivity contribution in [3.63, 3.8) is 0 Å². The number of halogens is 3. The van der Waals surface area contributed by atoms with Gasteiger partial charge in [-0.25, -0.2) is 4.79 Å². The largest absolute Gasteiger partial charge is 0.478 e. The fraction of sp³-hybridized carbons (Fsp3) is 0.421. The fourth-order valence-corrected chi connectivity index (χ4v) is 2.60. The van der Waals surface area contributed by atoms with Crippen molar-refractivity contribution in [2.45, 2.75) is 45.9 Å². The van der Waals surface area contributed by atoms with Crippen LogP contribution in [-0.4, -0.2) is 11.1 Å². The molecule has 25 heavy (non-hydrogen) atoms. The summed E-state index contributed by atoms with van der Waals surface area (Å²) in [7, 11) is 0. The number of aliphatic carboxylic acids is 1. The van der Waals surface area contributed by atoms with Crippen LogP contribution >= 0.6 is 0 Å². The Hall–Kier alpha value is -2.24. The lowest BCUT2D eigenvalue weighted by Crippen LogP contribution is -2.17. The third-order valence-electron chi connectivity index (χ3n) is 4.11. The van der Waals surface area contributed by atoms with Gasteiger partial charge in [0, 0.05) is 12.0 Å². The topological polar surface area (TPSA) is 46.5 Å². The predicted molar refractivity (Wildman–Crippen MR) is 87.8 cm³/mol. The highest BCUT2D eigenvalue weighted by Gasteiger charge is 2.31. The molecule has 0 bridgehead atoms. The maximum Gasteiger partial charge on any atom is 0.416 e. The van der Waals surface area contributed by atoms with Crippen LogP contribution in [0, 0.1) is 5.41 Å². The van der Waals surface area contributed by atoms with Crippen LogP contribution in [0.4, 0.5) is 13.2 Å². The standard InChI is InChI=1S/C19H21F3O3/c1-18(2,3)13-8-10-15(11-9-13)25-16(17(23)24)12-4-6-14(7-5-12)19(20,21)22/h4-8,10,16H,9,11H2,1-3H3,(H,23,24). The first-order chi connectivity index (χ1) is 11.5. The molecule has 2 rings (SSSR count). The second-order valence-corrected chi connectivity index (χ2v) is 7.03. The third-order valence-corrected chi connectivity index (χ3v) is 4.11. The molecule has 0 amide bonds. The molecule has 0 aromatic heterocycles. The first-order valence-electron chi connectivity index (χ1n) is 7.95. The Morgan fingerprint density at radius 3 is 2.08 bits per heavy atom. The number of carboxylic acid groups (broad SMARTS) is 1. The van der Waals surface area contributed by atoms with E-state index in [0.717, 1.165) is 30.7 Å². The maximum absolute atomic E-state index is 12.6. The Balaban J connectivity index is 2.19. The Labute approximate surface area is 144 Å². The molecule has 0 fully saturated rings. The van der Waals surface area contributed by atoms with Crippen LogP contribution < -0.4 is 0 Å². The Morgan fingerprint density at radius 2 is 1.68 bits per heavy atom. The lowest BCUT2D eigenvalue weighted by atomic mass is 9.82. The molecule has 0 radical (unpaired) electrons. The molecule has 0 heterocycles. The Morgan fingerprint density at radius 1 is 1.08 bits per heavy atom. The first kappa shape index (κ1) is 19.1. The number of benzene rings is 1. The molecule has 0 spiro atoms. The van der Waals surface area contributed by atoms with Gasteiger partial charge in [0.25, 0.3) is 0 Å². The number of rotatable bonds is 4. The van der Waals surface area contributed by atoms with Crippen molar-refractivity contribution < 1.29 is 27.8 Å². The van der Waals surface area contributed by atoms with Crippen LogP contribution in [0.5, 0.6) is 0 Å². The van der Waals surface area contributed by atoms with Gasteiger partial charge in [0.2, 0.25) is 6.10 Å². The van der Waals surface area contributed by atoms with Crippen molar-refractivity contribution in [1.29, 1.82) is 0 Å². The molecule has 1 N–H and O–H groups in total. The molecular formula is C19H21F3O3. The van der Waals surface area contributed by atoms with E-state index in [1.807, 2.05) is 6.08 Å². The highest BCUT2D eigenvalue weighted by Crippen LogP contribution is 2.35. The summed E-state index contributed by atoms with van der Waals surface area (Å²) in [5.74, 6) is -0.730. The summed E-state index contributed by atoms with van der Waals surface area (Å²) < 4.78 is 43.4. The van der Waals surface area contributed by atoms with Crippen LogP contribution in [0.25, 0.3) is 0 Å². The van der Waals surface area contributed by atoms with Crippen molar-refractivity contribution in [2.75, 3.05) is 0 Å². The monoisotopic (exact) mass is 354 g/mol. The minimum Gasteiger partial charge on any atom is -0.478 e. The van der Waals surface area contributed by atoms with Crippen LogP contribution in [0.3, 0.4) is 0 Å². The summed E-state index contributed by atoms with van der Waals surface area (Å²) in [6.45, 7) is 6.29. The average molecular weight is 354 g/mol. The Kier molecular flexibility index (Phi) is 5.30. The van der Waals surface area contributed by atoms with Crippen molar-refractivity contribution in [1.82, 2.24) is 0 Å². The molecular weight excluding hydrogens is 333 g/mol. The highest BCUT2D eigenvalue weighted by atomic mass is 19.4. The minimum atomic E-state index is -4.46. The second-order valence-electron chi connectivity index (χ2n) is 7.03. The van der Waals surface area contributed by atoms with E-state index in [9.17, 15) is 23.1 Å². The number of hydrogen-bond donors (Lipinski definition) is 1. The molecule has 1 atom stereocenters. The summed E-state index contributed by atoms with van der Waals surface area (Å²) in [5, 5.41) is 9.38. The number of hydrogen-bond acceptors (Lipinski definition) is 2. The van der Waals surface area contributed by atoms with Gasteiger partial charge in [-0.05, 0) is 30.0 Å². The predicted octanol–water partition coefficient (Wildman–Crippen LogP) is 5.50. The quantitative estimate of drug-likeness (QED) is 0.777. The van der Waals surface area contributed by atoms with Crippen LogP contribution in [-0.2, 0) is 15.7 Å². The highest BCUT2D eigenvalue weighted by molar-refractivity contribution is 5.74. The molecule has 6 heteroatoms. The summed E-state index contributed by atoms with van der Waals surface area (Å²) in [6, 6.07) is 4.01. The number of ether oxygens (including phenoxy) is 1. The number of alkyl halides is 3. The maximum atomic E-state index is 12.6. The van der Waals surface area contributed by atoms with Gasteiger partial charge in [0.05, 0.1) is 11.3 Å².